The van der Waals surface area contributed by atoms with Crippen LogP contribution in [0.1, 0.15) is 12.0 Å². The molecule has 0 bridgehead atoms. The summed E-state index contributed by atoms with van der Waals surface area (Å²) in [5, 5.41) is 5.59. The van der Waals surface area contributed by atoms with Crippen molar-refractivity contribution in [2.24, 2.45) is 5.73 Å². The quantitative estimate of drug-likeness (QED) is 0.665. The van der Waals surface area contributed by atoms with E-state index in [1.807, 2.05) is 38.4 Å². The lowest BCUT2D eigenvalue weighted by Gasteiger charge is -2.10. The van der Waals surface area contributed by atoms with Gasteiger partial charge in [0.25, 0.3) is 0 Å². The number of anilines is 1. The van der Waals surface area contributed by atoms with Crippen molar-refractivity contribution in [3.8, 4) is 0 Å². The number of hydrogen-bond donors (Lipinski definition) is 3. The number of nitrogens with two attached hydrogens (primary N) is 1. The van der Waals surface area contributed by atoms with Crippen molar-refractivity contribution in [1.29, 1.82) is 0 Å². The van der Waals surface area contributed by atoms with Crippen LogP contribution < -0.4 is 16.4 Å². The molecule has 0 spiro atoms. The topological polar surface area (TPSA) is 70.4 Å². The van der Waals surface area contributed by atoms with Crippen molar-refractivity contribution >= 4 is 11.7 Å². The Morgan fingerprint density at radius 1 is 1.28 bits per heavy atom. The Kier molecular flexibility index (Phi) is 6.18. The van der Waals surface area contributed by atoms with Gasteiger partial charge in [-0.05, 0) is 44.8 Å². The standard InChI is InChI=1S/C13H22N4O/c1-17(2)9-3-8-15-13(18)16-12-6-4-11(10-14)5-7-12/h4-7H,3,8-10,14H2,1-2H3,(H2,15,16,18). The number of carbonyl (C=O) groups excluding carboxylic acids is 1. The summed E-state index contributed by atoms with van der Waals surface area (Å²) in [4.78, 5) is 13.6. The maximum Gasteiger partial charge on any atom is 0.319 e. The number of urea groups is 1. The van der Waals surface area contributed by atoms with Gasteiger partial charge in [-0.3, -0.25) is 0 Å². The second kappa shape index (κ2) is 7.68. The van der Waals surface area contributed by atoms with Gasteiger partial charge in [0.05, 0.1) is 0 Å². The third-order valence-electron chi connectivity index (χ3n) is 2.52. The zero-order valence-corrected chi connectivity index (χ0v) is 11.1. The molecule has 0 saturated carbocycles. The van der Waals surface area contributed by atoms with Crippen LogP contribution in [0.15, 0.2) is 24.3 Å². The van der Waals surface area contributed by atoms with Crippen molar-refractivity contribution in [2.75, 3.05) is 32.5 Å². The van der Waals surface area contributed by atoms with Crippen molar-refractivity contribution < 1.29 is 4.79 Å². The molecule has 2 amide bonds. The summed E-state index contributed by atoms with van der Waals surface area (Å²) in [6.45, 7) is 2.15. The van der Waals surface area contributed by atoms with Gasteiger partial charge >= 0.3 is 6.03 Å². The van der Waals surface area contributed by atoms with E-state index in [1.54, 1.807) is 0 Å². The molecule has 5 nitrogen and oxygen atoms in total. The van der Waals surface area contributed by atoms with Crippen molar-refractivity contribution in [1.82, 2.24) is 10.2 Å². The van der Waals surface area contributed by atoms with Gasteiger partial charge in [0, 0.05) is 18.8 Å². The lowest BCUT2D eigenvalue weighted by Crippen LogP contribution is -2.31. The molecule has 0 heterocycles. The molecule has 0 aliphatic carbocycles. The molecular formula is C13H22N4O. The highest BCUT2D eigenvalue weighted by atomic mass is 16.2. The smallest absolute Gasteiger partial charge is 0.319 e. The number of carbonyl (C=O) groups is 1. The first-order valence-corrected chi connectivity index (χ1v) is 6.10. The molecule has 1 aromatic rings. The largest absolute Gasteiger partial charge is 0.338 e. The Labute approximate surface area is 108 Å². The molecule has 0 unspecified atom stereocenters. The normalized spacial score (nSPS) is 10.4. The van der Waals surface area contributed by atoms with Gasteiger partial charge in [0.1, 0.15) is 0 Å². The van der Waals surface area contributed by atoms with Crippen LogP contribution in [0.3, 0.4) is 0 Å². The lowest BCUT2D eigenvalue weighted by atomic mass is 10.2. The number of nitrogens with one attached hydrogen (secondary N) is 2. The van der Waals surface area contributed by atoms with Crippen LogP contribution in [0, 0.1) is 0 Å². The molecule has 4 N–H and O–H groups in total. The van der Waals surface area contributed by atoms with E-state index in [2.05, 4.69) is 15.5 Å². The van der Waals surface area contributed by atoms with E-state index in [0.717, 1.165) is 24.2 Å². The molecular weight excluding hydrogens is 228 g/mol. The predicted molar refractivity (Wildman–Crippen MR) is 74.5 cm³/mol. The Morgan fingerprint density at radius 2 is 1.94 bits per heavy atom. The molecule has 100 valence electrons. The fourth-order valence-corrected chi connectivity index (χ4v) is 1.50. The van der Waals surface area contributed by atoms with Gasteiger partial charge in [0.2, 0.25) is 0 Å². The first kappa shape index (κ1) is 14.5. The maximum absolute atomic E-state index is 11.6. The summed E-state index contributed by atoms with van der Waals surface area (Å²) in [6, 6.07) is 7.33. The van der Waals surface area contributed by atoms with Gasteiger partial charge in [-0.15, -0.1) is 0 Å². The maximum atomic E-state index is 11.6. The second-order valence-electron chi connectivity index (χ2n) is 4.44. The van der Waals surface area contributed by atoms with Gasteiger partial charge in [-0.2, -0.15) is 0 Å². The van der Waals surface area contributed by atoms with E-state index in [-0.39, 0.29) is 6.03 Å². The summed E-state index contributed by atoms with van der Waals surface area (Å²) in [5.74, 6) is 0. The monoisotopic (exact) mass is 250 g/mol. The molecule has 5 heteroatoms. The highest BCUT2D eigenvalue weighted by Gasteiger charge is 2.00. The molecule has 0 radical (unpaired) electrons. The molecule has 0 aromatic heterocycles. The molecule has 0 saturated heterocycles. The molecule has 1 rings (SSSR count). The summed E-state index contributed by atoms with van der Waals surface area (Å²) in [7, 11) is 4.03. The van der Waals surface area contributed by atoms with Crippen LogP contribution in [0.2, 0.25) is 0 Å². The Bertz CT molecular complexity index is 362. The van der Waals surface area contributed by atoms with Crippen molar-refractivity contribution in [3.63, 3.8) is 0 Å². The first-order chi connectivity index (χ1) is 8.61. The average molecular weight is 250 g/mol. The number of nitrogens with zero attached hydrogens (tertiary/aromatic N) is 1. The van der Waals surface area contributed by atoms with Crippen LogP contribution >= 0.6 is 0 Å². The molecule has 0 fully saturated rings. The third-order valence-corrected chi connectivity index (χ3v) is 2.52. The molecule has 0 atom stereocenters. The van der Waals surface area contributed by atoms with Gasteiger partial charge in [0.15, 0.2) is 0 Å². The minimum absolute atomic E-state index is 0.172. The van der Waals surface area contributed by atoms with Crippen molar-refractivity contribution in [2.45, 2.75) is 13.0 Å². The summed E-state index contributed by atoms with van der Waals surface area (Å²) < 4.78 is 0. The van der Waals surface area contributed by atoms with Crippen LogP contribution in [-0.4, -0.2) is 38.1 Å². The summed E-state index contributed by atoms with van der Waals surface area (Å²) >= 11 is 0. The summed E-state index contributed by atoms with van der Waals surface area (Å²) in [6.07, 6.45) is 0.937. The minimum atomic E-state index is -0.172. The van der Waals surface area contributed by atoms with Crippen LogP contribution in [0.25, 0.3) is 0 Å². The SMILES string of the molecule is CN(C)CCCNC(=O)Nc1ccc(CN)cc1. The second-order valence-corrected chi connectivity index (χ2v) is 4.44. The van der Waals surface area contributed by atoms with Crippen LogP contribution in [-0.2, 0) is 6.54 Å². The number of rotatable bonds is 6. The fraction of sp³-hybridized carbons (Fsp3) is 0.462. The summed E-state index contributed by atoms with van der Waals surface area (Å²) in [5.41, 5.74) is 7.33. The Balaban J connectivity index is 2.26. The highest BCUT2D eigenvalue weighted by Crippen LogP contribution is 2.08. The van der Waals surface area contributed by atoms with Gasteiger partial charge < -0.3 is 21.3 Å². The zero-order chi connectivity index (χ0) is 13.4. The molecule has 0 aliphatic rings. The average Bonchev–Trinajstić information content (AvgIpc) is 2.35. The van der Waals surface area contributed by atoms with Crippen molar-refractivity contribution in [3.05, 3.63) is 29.8 Å². The lowest BCUT2D eigenvalue weighted by molar-refractivity contribution is 0.251. The first-order valence-electron chi connectivity index (χ1n) is 6.10. The zero-order valence-electron chi connectivity index (χ0n) is 11.1. The van der Waals surface area contributed by atoms with Gasteiger partial charge in [-0.25, -0.2) is 4.79 Å². The van der Waals surface area contributed by atoms with E-state index in [4.69, 9.17) is 5.73 Å². The Hall–Kier alpha value is -1.59. The van der Waals surface area contributed by atoms with Gasteiger partial charge in [-0.1, -0.05) is 12.1 Å². The highest BCUT2D eigenvalue weighted by molar-refractivity contribution is 5.89. The number of hydrogen-bond acceptors (Lipinski definition) is 3. The molecule has 1 aromatic carbocycles. The van der Waals surface area contributed by atoms with E-state index in [1.165, 1.54) is 0 Å². The fourth-order valence-electron chi connectivity index (χ4n) is 1.50. The minimum Gasteiger partial charge on any atom is -0.338 e. The molecule has 0 aliphatic heterocycles. The van der Waals surface area contributed by atoms with E-state index in [0.29, 0.717) is 13.1 Å². The van der Waals surface area contributed by atoms with E-state index >= 15 is 0 Å². The van der Waals surface area contributed by atoms with Crippen LogP contribution in [0.4, 0.5) is 10.5 Å². The third kappa shape index (κ3) is 5.65. The van der Waals surface area contributed by atoms with E-state index < -0.39 is 0 Å². The molecule has 18 heavy (non-hydrogen) atoms. The number of benzene rings is 1. The van der Waals surface area contributed by atoms with Crippen LogP contribution in [0.5, 0.6) is 0 Å². The predicted octanol–water partition coefficient (Wildman–Crippen LogP) is 1.22. The Morgan fingerprint density at radius 3 is 2.50 bits per heavy atom. The number of amides is 2. The van der Waals surface area contributed by atoms with E-state index in [9.17, 15) is 4.79 Å².